The van der Waals surface area contributed by atoms with E-state index in [1.165, 1.54) is 0 Å². The number of aromatic amines is 1. The lowest BCUT2D eigenvalue weighted by Gasteiger charge is -2.71. The quantitative estimate of drug-likeness (QED) is 0.507. The number of rotatable bonds is 1. The van der Waals surface area contributed by atoms with Crippen LogP contribution >= 0.6 is 0 Å². The van der Waals surface area contributed by atoms with E-state index in [-0.39, 0.29) is 62.1 Å². The molecule has 4 unspecified atom stereocenters. The van der Waals surface area contributed by atoms with Crippen molar-refractivity contribution in [3.8, 4) is 6.07 Å². The summed E-state index contributed by atoms with van der Waals surface area (Å²) in [4.78, 5) is 27.8. The van der Waals surface area contributed by atoms with Crippen molar-refractivity contribution in [1.29, 1.82) is 5.26 Å². The lowest BCUT2D eigenvalue weighted by molar-refractivity contribution is -0.214. The van der Waals surface area contributed by atoms with Gasteiger partial charge in [-0.05, 0) is 84.4 Å². The maximum absolute atomic E-state index is 14.6. The molecular weight excluding hydrogens is 474 g/mol. The van der Waals surface area contributed by atoms with E-state index in [4.69, 9.17) is 0 Å². The number of allylic oxidation sites excluding steroid dienone is 2. The number of hydrogen-bond donors (Lipinski definition) is 1. The van der Waals surface area contributed by atoms with Gasteiger partial charge < -0.3 is 0 Å². The summed E-state index contributed by atoms with van der Waals surface area (Å²) in [6.45, 7) is 15.8. The Kier molecular flexibility index (Phi) is 5.20. The standard InChI is InChI=1S/C31H43N5O2/c1-26(2)10-12-31(25-33-35-36-34-25)13-11-30(7)23(19(31)16-26)20(37)14-22-28(5)15-18(17-32)24(38)27(3,4)21(28)8-9-29(22,30)6/h15,19,21-23H,8-14,16H2,1-7H3,(H,33,34,35,36)/t19?,21?,22?,23?,28-,29+,30+,31-/m0/s1. The van der Waals surface area contributed by atoms with E-state index < -0.39 is 5.41 Å². The van der Waals surface area contributed by atoms with E-state index in [0.29, 0.717) is 12.2 Å². The Morgan fingerprint density at radius 1 is 0.947 bits per heavy atom. The minimum atomic E-state index is -0.607. The molecule has 0 amide bonds. The van der Waals surface area contributed by atoms with Gasteiger partial charge in [0, 0.05) is 23.2 Å². The third-order valence-corrected chi connectivity index (χ3v) is 13.3. The number of aromatic nitrogens is 4. The number of nitriles is 1. The topological polar surface area (TPSA) is 112 Å². The zero-order valence-electron chi connectivity index (χ0n) is 24.1. The third kappa shape index (κ3) is 2.98. The van der Waals surface area contributed by atoms with E-state index in [1.807, 2.05) is 19.9 Å². The molecular formula is C31H43N5O2. The number of H-pyrrole nitrogens is 1. The Labute approximate surface area is 226 Å². The highest BCUT2D eigenvalue weighted by atomic mass is 16.1. The lowest BCUT2D eigenvalue weighted by atomic mass is 9.31. The molecule has 0 aromatic carbocycles. The molecule has 1 heterocycles. The Bertz CT molecular complexity index is 1270. The van der Waals surface area contributed by atoms with Gasteiger partial charge in [-0.2, -0.15) is 10.5 Å². The van der Waals surface area contributed by atoms with Crippen LogP contribution in [0, 0.1) is 62.1 Å². The number of nitrogens with one attached hydrogen (secondary N) is 1. The molecule has 8 atom stereocenters. The molecule has 7 nitrogen and oxygen atoms in total. The molecule has 0 saturated heterocycles. The first-order valence-corrected chi connectivity index (χ1v) is 14.6. The first-order valence-electron chi connectivity index (χ1n) is 14.6. The van der Waals surface area contributed by atoms with Crippen LogP contribution in [0.25, 0.3) is 0 Å². The van der Waals surface area contributed by atoms with Crippen LogP contribution in [0.5, 0.6) is 0 Å². The summed E-state index contributed by atoms with van der Waals surface area (Å²) in [5, 5.41) is 25.6. The highest BCUT2D eigenvalue weighted by Gasteiger charge is 2.72. The number of fused-ring (bicyclic) bond motifs is 7. The molecule has 5 aliphatic carbocycles. The molecule has 6 rings (SSSR count). The van der Waals surface area contributed by atoms with Crippen molar-refractivity contribution >= 4 is 11.6 Å². The lowest BCUT2D eigenvalue weighted by Crippen LogP contribution is -2.69. The van der Waals surface area contributed by atoms with E-state index >= 15 is 0 Å². The maximum atomic E-state index is 14.6. The fourth-order valence-electron chi connectivity index (χ4n) is 11.1. The van der Waals surface area contributed by atoms with Crippen molar-refractivity contribution < 1.29 is 9.59 Å². The van der Waals surface area contributed by atoms with Crippen molar-refractivity contribution in [2.24, 2.45) is 50.7 Å². The second-order valence-corrected chi connectivity index (χ2v) is 15.6. The van der Waals surface area contributed by atoms with Crippen LogP contribution in [0.4, 0.5) is 0 Å². The van der Waals surface area contributed by atoms with Gasteiger partial charge in [0.1, 0.15) is 11.9 Å². The first kappa shape index (κ1) is 25.9. The Morgan fingerprint density at radius 2 is 1.66 bits per heavy atom. The van der Waals surface area contributed by atoms with Gasteiger partial charge in [-0.1, -0.05) is 59.8 Å². The molecule has 0 spiro atoms. The number of ketones is 2. The molecule has 1 aromatic heterocycles. The predicted octanol–water partition coefficient (Wildman–Crippen LogP) is 5.75. The van der Waals surface area contributed by atoms with Crippen LogP contribution in [0.3, 0.4) is 0 Å². The molecule has 0 aliphatic heterocycles. The van der Waals surface area contributed by atoms with Gasteiger partial charge in [0.05, 0.1) is 5.57 Å². The van der Waals surface area contributed by atoms with Gasteiger partial charge in [-0.15, -0.1) is 10.2 Å². The second-order valence-electron chi connectivity index (χ2n) is 15.6. The van der Waals surface area contributed by atoms with Crippen molar-refractivity contribution in [3.63, 3.8) is 0 Å². The summed E-state index contributed by atoms with van der Waals surface area (Å²) in [6.07, 6.45) is 9.47. The van der Waals surface area contributed by atoms with Crippen molar-refractivity contribution in [2.45, 2.75) is 105 Å². The SMILES string of the molecule is CC1(C)CC[C@]2(c3nn[nH]n3)CC[C@]3(C)C(C(=O)CC4[C@@]5(C)C=C(C#N)C(=O)C(C)(C)C5CC[C@]43C)C2C1. The summed E-state index contributed by atoms with van der Waals surface area (Å²) in [6, 6.07) is 2.22. The van der Waals surface area contributed by atoms with Gasteiger partial charge in [0.25, 0.3) is 0 Å². The number of nitrogens with zero attached hydrogens (tertiary/aromatic N) is 4. The monoisotopic (exact) mass is 517 g/mol. The zero-order chi connectivity index (χ0) is 27.5. The highest BCUT2D eigenvalue weighted by Crippen LogP contribution is 2.75. The van der Waals surface area contributed by atoms with Crippen LogP contribution in [0.2, 0.25) is 0 Å². The van der Waals surface area contributed by atoms with E-state index in [9.17, 15) is 14.9 Å². The summed E-state index contributed by atoms with van der Waals surface area (Å²) < 4.78 is 0. The molecule has 1 aromatic rings. The smallest absolute Gasteiger partial charge is 0.180 e. The van der Waals surface area contributed by atoms with Gasteiger partial charge >= 0.3 is 0 Å². The van der Waals surface area contributed by atoms with Gasteiger partial charge in [-0.25, -0.2) is 0 Å². The number of Topliss-reactive ketones (excluding diaryl/α,β-unsaturated/α-hetero) is 2. The fraction of sp³-hybridized carbons (Fsp3) is 0.806. The Morgan fingerprint density at radius 3 is 2.32 bits per heavy atom. The number of carbonyl (C=O) groups is 2. The van der Waals surface area contributed by atoms with E-state index in [1.54, 1.807) is 0 Å². The number of hydrogen-bond acceptors (Lipinski definition) is 6. The van der Waals surface area contributed by atoms with Crippen molar-refractivity contribution in [1.82, 2.24) is 20.6 Å². The first-order chi connectivity index (χ1) is 17.7. The molecule has 38 heavy (non-hydrogen) atoms. The predicted molar refractivity (Wildman–Crippen MR) is 142 cm³/mol. The molecule has 1 N–H and O–H groups in total. The number of carbonyl (C=O) groups excluding carboxylic acids is 2. The molecule has 7 heteroatoms. The van der Waals surface area contributed by atoms with Gasteiger partial charge in [-0.3, -0.25) is 9.59 Å². The molecule has 5 aliphatic rings. The normalized spacial score (nSPS) is 47.1. The third-order valence-electron chi connectivity index (χ3n) is 13.3. The molecule has 0 bridgehead atoms. The second kappa shape index (κ2) is 7.64. The maximum Gasteiger partial charge on any atom is 0.180 e. The van der Waals surface area contributed by atoms with Crippen molar-refractivity contribution in [2.75, 3.05) is 0 Å². The molecule has 0 radical (unpaired) electrons. The summed E-state index contributed by atoms with van der Waals surface area (Å²) >= 11 is 0. The molecule has 4 saturated carbocycles. The van der Waals surface area contributed by atoms with Gasteiger partial charge in [0.2, 0.25) is 0 Å². The fourth-order valence-corrected chi connectivity index (χ4v) is 11.1. The Hall–Kier alpha value is -2.36. The van der Waals surface area contributed by atoms with E-state index in [2.05, 4.69) is 61.3 Å². The van der Waals surface area contributed by atoms with Crippen LogP contribution < -0.4 is 0 Å². The molecule has 204 valence electrons. The average Bonchev–Trinajstić information content (AvgIpc) is 3.38. The summed E-state index contributed by atoms with van der Waals surface area (Å²) in [5.74, 6) is 1.50. The summed E-state index contributed by atoms with van der Waals surface area (Å²) in [5.41, 5.74) is -0.979. The summed E-state index contributed by atoms with van der Waals surface area (Å²) in [7, 11) is 0. The van der Waals surface area contributed by atoms with Gasteiger partial charge in [0.15, 0.2) is 11.6 Å². The van der Waals surface area contributed by atoms with Crippen LogP contribution in [0.1, 0.15) is 106 Å². The van der Waals surface area contributed by atoms with E-state index in [0.717, 1.165) is 50.8 Å². The highest BCUT2D eigenvalue weighted by molar-refractivity contribution is 6.04. The minimum absolute atomic E-state index is 0.0377. The Balaban J connectivity index is 1.49. The molecule has 4 fully saturated rings. The van der Waals surface area contributed by atoms with Crippen LogP contribution in [-0.2, 0) is 15.0 Å². The average molecular weight is 518 g/mol. The number of tetrazole rings is 1. The van der Waals surface area contributed by atoms with Crippen LogP contribution in [0.15, 0.2) is 11.6 Å². The van der Waals surface area contributed by atoms with Crippen LogP contribution in [-0.4, -0.2) is 32.2 Å². The minimum Gasteiger partial charge on any atom is -0.299 e. The van der Waals surface area contributed by atoms with Crippen molar-refractivity contribution in [3.05, 3.63) is 17.5 Å². The zero-order valence-corrected chi connectivity index (χ0v) is 24.1. The largest absolute Gasteiger partial charge is 0.299 e.